The van der Waals surface area contributed by atoms with Gasteiger partial charge in [-0.2, -0.15) is 0 Å². The number of benzene rings is 2. The second kappa shape index (κ2) is 9.11. The molecule has 128 valence electrons. The molecule has 0 radical (unpaired) electrons. The van der Waals surface area contributed by atoms with Gasteiger partial charge >= 0.3 is 0 Å². The van der Waals surface area contributed by atoms with Crippen molar-refractivity contribution in [2.75, 3.05) is 0 Å². The summed E-state index contributed by atoms with van der Waals surface area (Å²) in [6, 6.07) is 13.6. The molecule has 0 spiro atoms. The fourth-order valence-electron chi connectivity index (χ4n) is 2.84. The molecule has 0 atom stereocenters. The Hall–Kier alpha value is -2.29. The highest BCUT2D eigenvalue weighted by Gasteiger charge is 2.15. The summed E-state index contributed by atoms with van der Waals surface area (Å²) in [7, 11) is 0. The van der Waals surface area contributed by atoms with Crippen molar-refractivity contribution in [3.05, 3.63) is 59.7 Å². The van der Waals surface area contributed by atoms with Crippen LogP contribution in [0.5, 0.6) is 11.5 Å². The maximum absolute atomic E-state index is 12.3. The van der Waals surface area contributed by atoms with Gasteiger partial charge in [0, 0.05) is 11.1 Å². The number of hydrogen-bond donors (Lipinski definition) is 1. The topological polar surface area (TPSA) is 46.5 Å². The van der Waals surface area contributed by atoms with E-state index in [-0.39, 0.29) is 11.5 Å². The standard InChI is InChI=1S/C19H20O3.C2H6/c20-16-10-6-14(7-11-16)19(21)15-8-12-18(13-9-15)22-17-4-2-1-3-5-17;1-2/h6-13,17,20H,1-5H2;1-2H3. The maximum Gasteiger partial charge on any atom is 0.193 e. The molecule has 0 amide bonds. The average Bonchev–Trinajstić information content (AvgIpc) is 2.65. The van der Waals surface area contributed by atoms with E-state index in [1.54, 1.807) is 24.3 Å². The van der Waals surface area contributed by atoms with Crippen molar-refractivity contribution in [2.45, 2.75) is 52.1 Å². The van der Waals surface area contributed by atoms with Gasteiger partial charge in [0.05, 0.1) is 6.10 Å². The molecule has 1 aliphatic rings. The molecule has 0 unspecified atom stereocenters. The summed E-state index contributed by atoms with van der Waals surface area (Å²) in [6.45, 7) is 4.00. The smallest absolute Gasteiger partial charge is 0.193 e. The molecule has 1 N–H and O–H groups in total. The molecule has 0 aliphatic heterocycles. The van der Waals surface area contributed by atoms with E-state index in [2.05, 4.69) is 0 Å². The van der Waals surface area contributed by atoms with Gasteiger partial charge in [-0.25, -0.2) is 0 Å². The third-order valence-corrected chi connectivity index (χ3v) is 4.10. The Bertz CT molecular complexity index is 623. The van der Waals surface area contributed by atoms with E-state index in [1.165, 1.54) is 31.4 Å². The zero-order chi connectivity index (χ0) is 17.4. The summed E-state index contributed by atoms with van der Waals surface area (Å²) in [6.07, 6.45) is 6.33. The van der Waals surface area contributed by atoms with E-state index < -0.39 is 0 Å². The fraction of sp³-hybridized carbons (Fsp3) is 0.381. The zero-order valence-electron chi connectivity index (χ0n) is 14.5. The van der Waals surface area contributed by atoms with Gasteiger partial charge in [0.25, 0.3) is 0 Å². The van der Waals surface area contributed by atoms with Gasteiger partial charge in [0.1, 0.15) is 11.5 Å². The van der Waals surface area contributed by atoms with Crippen LogP contribution in [-0.4, -0.2) is 17.0 Å². The lowest BCUT2D eigenvalue weighted by Crippen LogP contribution is -2.19. The molecule has 1 fully saturated rings. The van der Waals surface area contributed by atoms with Crippen LogP contribution in [-0.2, 0) is 0 Å². The van der Waals surface area contributed by atoms with Crippen molar-refractivity contribution in [3.8, 4) is 11.5 Å². The second-order valence-electron chi connectivity index (χ2n) is 5.78. The van der Waals surface area contributed by atoms with Crippen LogP contribution in [0.25, 0.3) is 0 Å². The molecule has 0 bridgehead atoms. The van der Waals surface area contributed by atoms with Gasteiger partial charge in [-0.15, -0.1) is 0 Å². The van der Waals surface area contributed by atoms with Crippen molar-refractivity contribution in [1.82, 2.24) is 0 Å². The van der Waals surface area contributed by atoms with Crippen molar-refractivity contribution >= 4 is 5.78 Å². The Labute approximate surface area is 144 Å². The molecule has 1 saturated carbocycles. The highest BCUT2D eigenvalue weighted by molar-refractivity contribution is 6.09. The predicted octanol–water partition coefficient (Wildman–Crippen LogP) is 5.36. The monoisotopic (exact) mass is 326 g/mol. The summed E-state index contributed by atoms with van der Waals surface area (Å²) in [4.78, 5) is 12.3. The minimum atomic E-state index is -0.0517. The summed E-state index contributed by atoms with van der Waals surface area (Å²) in [5, 5.41) is 9.27. The SMILES string of the molecule is CC.O=C(c1ccc(O)cc1)c1ccc(OC2CCCCC2)cc1. The highest BCUT2D eigenvalue weighted by Crippen LogP contribution is 2.24. The molecule has 0 saturated heterocycles. The van der Waals surface area contributed by atoms with E-state index in [0.717, 1.165) is 18.6 Å². The Morgan fingerprint density at radius 1 is 0.875 bits per heavy atom. The Morgan fingerprint density at radius 2 is 1.38 bits per heavy atom. The first-order valence-electron chi connectivity index (χ1n) is 8.83. The van der Waals surface area contributed by atoms with Crippen molar-refractivity contribution in [3.63, 3.8) is 0 Å². The quantitative estimate of drug-likeness (QED) is 0.769. The first kappa shape index (κ1) is 18.1. The molecule has 2 aromatic rings. The van der Waals surface area contributed by atoms with Gasteiger partial charge in [-0.3, -0.25) is 4.79 Å². The van der Waals surface area contributed by atoms with Crippen LogP contribution in [0.4, 0.5) is 0 Å². The lowest BCUT2D eigenvalue weighted by atomic mass is 9.98. The van der Waals surface area contributed by atoms with Crippen molar-refractivity contribution in [1.29, 1.82) is 0 Å². The lowest BCUT2D eigenvalue weighted by Gasteiger charge is -2.23. The number of rotatable bonds is 4. The third kappa shape index (κ3) is 4.85. The molecule has 3 nitrogen and oxygen atoms in total. The normalized spacial score (nSPS) is 14.4. The molecule has 2 aromatic carbocycles. The van der Waals surface area contributed by atoms with Gasteiger partial charge in [-0.1, -0.05) is 20.3 Å². The first-order valence-corrected chi connectivity index (χ1v) is 8.83. The number of carbonyl (C=O) groups excluding carboxylic acids is 1. The van der Waals surface area contributed by atoms with Crippen LogP contribution in [0.2, 0.25) is 0 Å². The molecule has 0 aromatic heterocycles. The lowest BCUT2D eigenvalue weighted by molar-refractivity contribution is 0.103. The number of aromatic hydroxyl groups is 1. The van der Waals surface area contributed by atoms with Gasteiger partial charge in [-0.05, 0) is 74.2 Å². The second-order valence-corrected chi connectivity index (χ2v) is 5.78. The average molecular weight is 326 g/mol. The van der Waals surface area contributed by atoms with Crippen molar-refractivity contribution in [2.24, 2.45) is 0 Å². The Balaban J connectivity index is 0.00000100. The van der Waals surface area contributed by atoms with Crippen molar-refractivity contribution < 1.29 is 14.6 Å². The molecular weight excluding hydrogens is 300 g/mol. The number of ketones is 1. The summed E-state index contributed by atoms with van der Waals surface area (Å²) in [5.41, 5.74) is 1.19. The third-order valence-electron chi connectivity index (χ3n) is 4.10. The molecule has 3 heteroatoms. The van der Waals surface area contributed by atoms with Crippen LogP contribution in [0.3, 0.4) is 0 Å². The predicted molar refractivity (Wildman–Crippen MR) is 96.8 cm³/mol. The van der Waals surface area contributed by atoms with E-state index in [0.29, 0.717) is 17.2 Å². The first-order chi connectivity index (χ1) is 11.7. The molecule has 3 rings (SSSR count). The number of phenolic OH excluding ortho intramolecular Hbond substituents is 1. The van der Waals surface area contributed by atoms with E-state index >= 15 is 0 Å². The summed E-state index contributed by atoms with van der Waals surface area (Å²) in [5.74, 6) is 0.936. The Kier molecular flexibility index (Phi) is 6.86. The van der Waals surface area contributed by atoms with Gasteiger partial charge in [0.15, 0.2) is 5.78 Å². The van der Waals surface area contributed by atoms with Crippen LogP contribution in [0.1, 0.15) is 61.9 Å². The molecule has 0 heterocycles. The summed E-state index contributed by atoms with van der Waals surface area (Å²) >= 11 is 0. The number of hydrogen-bond acceptors (Lipinski definition) is 3. The van der Waals surface area contributed by atoms with Crippen LogP contribution < -0.4 is 4.74 Å². The molecular formula is C21H26O3. The largest absolute Gasteiger partial charge is 0.508 e. The number of carbonyl (C=O) groups is 1. The van der Waals surface area contributed by atoms with Crippen LogP contribution in [0.15, 0.2) is 48.5 Å². The Morgan fingerprint density at radius 3 is 1.92 bits per heavy atom. The highest BCUT2D eigenvalue weighted by atomic mass is 16.5. The minimum Gasteiger partial charge on any atom is -0.508 e. The van der Waals surface area contributed by atoms with E-state index in [1.807, 2.05) is 26.0 Å². The number of phenols is 1. The van der Waals surface area contributed by atoms with E-state index in [9.17, 15) is 9.90 Å². The van der Waals surface area contributed by atoms with E-state index in [4.69, 9.17) is 4.74 Å². The molecule has 24 heavy (non-hydrogen) atoms. The van der Waals surface area contributed by atoms with Gasteiger partial charge < -0.3 is 9.84 Å². The zero-order valence-corrected chi connectivity index (χ0v) is 14.5. The molecule has 1 aliphatic carbocycles. The number of ether oxygens (including phenoxy) is 1. The van der Waals surface area contributed by atoms with Crippen LogP contribution in [0, 0.1) is 0 Å². The minimum absolute atomic E-state index is 0.0517. The fourth-order valence-corrected chi connectivity index (χ4v) is 2.84. The maximum atomic E-state index is 12.3. The van der Waals surface area contributed by atoms with Crippen LogP contribution >= 0.6 is 0 Å². The summed E-state index contributed by atoms with van der Waals surface area (Å²) < 4.78 is 5.97. The van der Waals surface area contributed by atoms with Gasteiger partial charge in [0.2, 0.25) is 0 Å².